The monoisotopic (exact) mass is 209 g/mol. The summed E-state index contributed by atoms with van der Waals surface area (Å²) in [6.07, 6.45) is 1.43. The van der Waals surface area contributed by atoms with Crippen molar-refractivity contribution in [3.8, 4) is 0 Å². The van der Waals surface area contributed by atoms with Crippen molar-refractivity contribution in [3.63, 3.8) is 0 Å². The Hall–Kier alpha value is -0.930. The highest BCUT2D eigenvalue weighted by molar-refractivity contribution is 5.23. The third-order valence-corrected chi connectivity index (χ3v) is 3.20. The molecule has 0 unspecified atom stereocenters. The highest BCUT2D eigenvalue weighted by Crippen LogP contribution is 2.32. The van der Waals surface area contributed by atoms with E-state index in [1.807, 2.05) is 7.05 Å². The molecule has 2 rings (SSSR count). The number of likely N-dealkylation sites (tertiary alicyclic amines) is 1. The van der Waals surface area contributed by atoms with Crippen molar-refractivity contribution >= 4 is 0 Å². The van der Waals surface area contributed by atoms with Gasteiger partial charge in [0, 0.05) is 13.1 Å². The van der Waals surface area contributed by atoms with Crippen molar-refractivity contribution < 1.29 is 9.50 Å². The van der Waals surface area contributed by atoms with E-state index in [9.17, 15) is 9.50 Å². The van der Waals surface area contributed by atoms with Crippen LogP contribution >= 0.6 is 0 Å². The second-order valence-electron chi connectivity index (χ2n) is 4.34. The smallest absolute Gasteiger partial charge is 0.123 e. The lowest BCUT2D eigenvalue weighted by Crippen LogP contribution is -2.40. The van der Waals surface area contributed by atoms with Crippen LogP contribution in [0.5, 0.6) is 0 Å². The first kappa shape index (κ1) is 10.6. The molecule has 0 atom stereocenters. The Morgan fingerprint density at radius 1 is 1.20 bits per heavy atom. The SMILES string of the molecule is CN1CCC(O)(c2ccc(F)cc2)CC1. The summed E-state index contributed by atoms with van der Waals surface area (Å²) in [6, 6.07) is 6.18. The number of hydrogen-bond donors (Lipinski definition) is 1. The van der Waals surface area contributed by atoms with Crippen LogP contribution < -0.4 is 0 Å². The van der Waals surface area contributed by atoms with E-state index in [1.165, 1.54) is 12.1 Å². The molecule has 1 aliphatic heterocycles. The first-order chi connectivity index (χ1) is 7.10. The fourth-order valence-electron chi connectivity index (χ4n) is 2.04. The molecule has 82 valence electrons. The molecule has 1 aromatic carbocycles. The van der Waals surface area contributed by atoms with Gasteiger partial charge in [0.2, 0.25) is 0 Å². The zero-order valence-electron chi connectivity index (χ0n) is 8.91. The quantitative estimate of drug-likeness (QED) is 0.761. The highest BCUT2D eigenvalue weighted by Gasteiger charge is 2.32. The predicted octanol–water partition coefficient (Wildman–Crippen LogP) is 1.74. The largest absolute Gasteiger partial charge is 0.385 e. The zero-order valence-corrected chi connectivity index (χ0v) is 8.91. The minimum atomic E-state index is -0.764. The summed E-state index contributed by atoms with van der Waals surface area (Å²) in [6.45, 7) is 1.77. The lowest BCUT2D eigenvalue weighted by Gasteiger charge is -2.36. The molecular formula is C12H16FNO. The summed E-state index contributed by atoms with van der Waals surface area (Å²) in [5.41, 5.74) is 0.0669. The van der Waals surface area contributed by atoms with Crippen LogP contribution in [0.25, 0.3) is 0 Å². The maximum Gasteiger partial charge on any atom is 0.123 e. The standard InChI is InChI=1S/C12H16FNO/c1-14-8-6-12(15,7-9-14)10-2-4-11(13)5-3-10/h2-5,15H,6-9H2,1H3. The molecule has 0 saturated carbocycles. The molecule has 1 fully saturated rings. The molecule has 0 spiro atoms. The van der Waals surface area contributed by atoms with E-state index < -0.39 is 5.60 Å². The summed E-state index contributed by atoms with van der Waals surface area (Å²) in [4.78, 5) is 2.19. The minimum Gasteiger partial charge on any atom is -0.385 e. The van der Waals surface area contributed by atoms with Crippen LogP contribution in [0.4, 0.5) is 4.39 Å². The molecule has 0 aromatic heterocycles. The van der Waals surface area contributed by atoms with Crippen molar-refractivity contribution in [3.05, 3.63) is 35.6 Å². The molecular weight excluding hydrogens is 193 g/mol. The molecule has 0 amide bonds. The number of rotatable bonds is 1. The number of hydrogen-bond acceptors (Lipinski definition) is 2. The predicted molar refractivity (Wildman–Crippen MR) is 57.0 cm³/mol. The molecule has 0 aliphatic carbocycles. The number of piperidine rings is 1. The van der Waals surface area contributed by atoms with E-state index in [-0.39, 0.29) is 5.82 Å². The van der Waals surface area contributed by atoms with Crippen LogP contribution in [-0.2, 0) is 5.60 Å². The Bertz CT molecular complexity index is 328. The third kappa shape index (κ3) is 2.19. The number of halogens is 1. The van der Waals surface area contributed by atoms with E-state index in [2.05, 4.69) is 4.90 Å². The fourth-order valence-corrected chi connectivity index (χ4v) is 2.04. The molecule has 0 radical (unpaired) electrons. The van der Waals surface area contributed by atoms with Crippen LogP contribution in [0.1, 0.15) is 18.4 Å². The fraction of sp³-hybridized carbons (Fsp3) is 0.500. The van der Waals surface area contributed by atoms with Crippen molar-refractivity contribution in [1.82, 2.24) is 4.90 Å². The van der Waals surface area contributed by atoms with Gasteiger partial charge in [-0.3, -0.25) is 0 Å². The summed E-state index contributed by atoms with van der Waals surface area (Å²) < 4.78 is 12.8. The van der Waals surface area contributed by atoms with Gasteiger partial charge in [-0.25, -0.2) is 4.39 Å². The van der Waals surface area contributed by atoms with Crippen molar-refractivity contribution in [2.45, 2.75) is 18.4 Å². The Morgan fingerprint density at radius 2 is 1.73 bits per heavy atom. The second kappa shape index (κ2) is 3.91. The van der Waals surface area contributed by atoms with Gasteiger partial charge in [0.1, 0.15) is 5.82 Å². The summed E-state index contributed by atoms with van der Waals surface area (Å²) >= 11 is 0. The molecule has 0 bridgehead atoms. The summed E-state index contributed by atoms with van der Waals surface area (Å²) in [7, 11) is 2.05. The van der Waals surface area contributed by atoms with E-state index in [0.29, 0.717) is 0 Å². The van der Waals surface area contributed by atoms with Gasteiger partial charge in [0.05, 0.1) is 5.60 Å². The van der Waals surface area contributed by atoms with Gasteiger partial charge in [-0.1, -0.05) is 12.1 Å². The lowest BCUT2D eigenvalue weighted by atomic mass is 9.85. The maximum atomic E-state index is 12.8. The average molecular weight is 209 g/mol. The van der Waals surface area contributed by atoms with E-state index in [0.717, 1.165) is 31.5 Å². The van der Waals surface area contributed by atoms with Gasteiger partial charge in [-0.2, -0.15) is 0 Å². The summed E-state index contributed by atoms with van der Waals surface area (Å²) in [5.74, 6) is -0.254. The third-order valence-electron chi connectivity index (χ3n) is 3.20. The molecule has 15 heavy (non-hydrogen) atoms. The van der Waals surface area contributed by atoms with Crippen molar-refractivity contribution in [1.29, 1.82) is 0 Å². The number of aliphatic hydroxyl groups is 1. The molecule has 1 N–H and O–H groups in total. The lowest BCUT2D eigenvalue weighted by molar-refractivity contribution is -0.0203. The van der Waals surface area contributed by atoms with E-state index in [4.69, 9.17) is 0 Å². The summed E-state index contributed by atoms with van der Waals surface area (Å²) in [5, 5.41) is 10.4. The van der Waals surface area contributed by atoms with Crippen LogP contribution in [0.3, 0.4) is 0 Å². The normalized spacial score (nSPS) is 21.5. The van der Waals surface area contributed by atoms with Gasteiger partial charge in [0.25, 0.3) is 0 Å². The van der Waals surface area contributed by atoms with Crippen LogP contribution in [0.15, 0.2) is 24.3 Å². The molecule has 3 heteroatoms. The molecule has 2 nitrogen and oxygen atoms in total. The Kier molecular flexibility index (Phi) is 2.76. The first-order valence-corrected chi connectivity index (χ1v) is 5.27. The van der Waals surface area contributed by atoms with Gasteiger partial charge in [-0.05, 0) is 37.6 Å². The first-order valence-electron chi connectivity index (χ1n) is 5.27. The molecule has 1 heterocycles. The topological polar surface area (TPSA) is 23.5 Å². The van der Waals surface area contributed by atoms with E-state index in [1.54, 1.807) is 12.1 Å². The van der Waals surface area contributed by atoms with Crippen LogP contribution in [-0.4, -0.2) is 30.1 Å². The van der Waals surface area contributed by atoms with Crippen molar-refractivity contribution in [2.75, 3.05) is 20.1 Å². The van der Waals surface area contributed by atoms with Gasteiger partial charge in [0.15, 0.2) is 0 Å². The Labute approximate surface area is 89.3 Å². The van der Waals surface area contributed by atoms with Gasteiger partial charge < -0.3 is 10.0 Å². The van der Waals surface area contributed by atoms with Gasteiger partial charge >= 0.3 is 0 Å². The molecule has 1 aliphatic rings. The Morgan fingerprint density at radius 3 is 2.27 bits per heavy atom. The molecule has 1 aromatic rings. The average Bonchev–Trinajstić information content (AvgIpc) is 2.24. The minimum absolute atomic E-state index is 0.254. The maximum absolute atomic E-state index is 12.8. The van der Waals surface area contributed by atoms with Crippen LogP contribution in [0.2, 0.25) is 0 Å². The molecule has 1 saturated heterocycles. The second-order valence-corrected chi connectivity index (χ2v) is 4.34. The van der Waals surface area contributed by atoms with Crippen molar-refractivity contribution in [2.24, 2.45) is 0 Å². The van der Waals surface area contributed by atoms with E-state index >= 15 is 0 Å². The highest BCUT2D eigenvalue weighted by atomic mass is 19.1. The Balaban J connectivity index is 2.18. The number of nitrogens with zero attached hydrogens (tertiary/aromatic N) is 1. The van der Waals surface area contributed by atoms with Crippen LogP contribution in [0, 0.1) is 5.82 Å². The zero-order chi connectivity index (χ0) is 10.9. The number of benzene rings is 1. The van der Waals surface area contributed by atoms with Gasteiger partial charge in [-0.15, -0.1) is 0 Å².